The lowest BCUT2D eigenvalue weighted by Gasteiger charge is -2.56. The number of rotatable bonds is 11. The molecule has 0 aromatic carbocycles. The van der Waals surface area contributed by atoms with Gasteiger partial charge in [-0.1, -0.05) is 68.7 Å². The molecule has 0 amide bonds. The van der Waals surface area contributed by atoms with Crippen LogP contribution >= 0.6 is 0 Å². The van der Waals surface area contributed by atoms with Crippen LogP contribution in [-0.2, 0) is 19.2 Å². The van der Waals surface area contributed by atoms with Crippen molar-refractivity contribution in [1.29, 1.82) is 0 Å². The Morgan fingerprint density at radius 2 is 1.33 bits per heavy atom. The van der Waals surface area contributed by atoms with E-state index in [1.165, 1.54) is 0 Å². The summed E-state index contributed by atoms with van der Waals surface area (Å²) in [7, 11) is 0. The molecule has 2 bridgehead atoms. The predicted octanol–water partition coefficient (Wildman–Crippen LogP) is 6.49. The molecular weight excluding hydrogens is 412 g/mol. The summed E-state index contributed by atoms with van der Waals surface area (Å²) < 4.78 is 0. The molecule has 0 spiro atoms. The van der Waals surface area contributed by atoms with Gasteiger partial charge in [0.1, 0.15) is 0 Å². The van der Waals surface area contributed by atoms with E-state index in [9.17, 15) is 19.2 Å². The van der Waals surface area contributed by atoms with Gasteiger partial charge in [-0.05, 0) is 68.1 Å². The third-order valence-corrected chi connectivity index (χ3v) is 8.50. The molecule has 2 aliphatic rings. The highest BCUT2D eigenvalue weighted by Crippen LogP contribution is 2.60. The lowest BCUT2D eigenvalue weighted by atomic mass is 9.41. The first-order valence-corrected chi connectivity index (χ1v) is 13.4. The van der Waals surface area contributed by atoms with Crippen LogP contribution in [0.1, 0.15) is 107 Å². The molecule has 188 valence electrons. The van der Waals surface area contributed by atoms with Crippen LogP contribution in [0.25, 0.3) is 0 Å². The van der Waals surface area contributed by atoms with E-state index in [2.05, 4.69) is 41.5 Å². The summed E-state index contributed by atoms with van der Waals surface area (Å²) in [5, 5.41) is 0. The van der Waals surface area contributed by atoms with Crippen molar-refractivity contribution in [2.45, 2.75) is 107 Å². The first kappa shape index (κ1) is 27.9. The van der Waals surface area contributed by atoms with Crippen LogP contribution in [0.3, 0.4) is 0 Å². The van der Waals surface area contributed by atoms with Gasteiger partial charge < -0.3 is 0 Å². The van der Waals surface area contributed by atoms with E-state index in [1.54, 1.807) is 13.8 Å². The maximum Gasteiger partial charge on any atom is 0.167 e. The molecule has 2 fully saturated rings. The van der Waals surface area contributed by atoms with Crippen LogP contribution in [0.4, 0.5) is 0 Å². The summed E-state index contributed by atoms with van der Waals surface area (Å²) in [5.41, 5.74) is -2.83. The molecule has 2 rings (SSSR count). The van der Waals surface area contributed by atoms with Crippen LogP contribution < -0.4 is 0 Å². The molecule has 0 aromatic heterocycles. The second kappa shape index (κ2) is 10.5. The van der Waals surface area contributed by atoms with Gasteiger partial charge in [0, 0.05) is 5.92 Å². The van der Waals surface area contributed by atoms with Crippen molar-refractivity contribution in [2.75, 3.05) is 0 Å². The largest absolute Gasteiger partial charge is 0.298 e. The van der Waals surface area contributed by atoms with Crippen LogP contribution in [0.5, 0.6) is 0 Å². The average molecular weight is 461 g/mol. The highest BCUT2D eigenvalue weighted by atomic mass is 16.2. The van der Waals surface area contributed by atoms with E-state index < -0.39 is 22.7 Å². The minimum atomic E-state index is -1.65. The van der Waals surface area contributed by atoms with Gasteiger partial charge in [-0.2, -0.15) is 0 Å². The highest BCUT2D eigenvalue weighted by Gasteiger charge is 2.73. The third-order valence-electron chi connectivity index (χ3n) is 8.50. The minimum absolute atomic E-state index is 0.0268. The van der Waals surface area contributed by atoms with E-state index >= 15 is 0 Å². The second-order valence-electron chi connectivity index (χ2n) is 12.6. The van der Waals surface area contributed by atoms with Crippen molar-refractivity contribution in [3.8, 4) is 0 Å². The zero-order valence-corrected chi connectivity index (χ0v) is 22.6. The van der Waals surface area contributed by atoms with Gasteiger partial charge in [0.05, 0.1) is 11.3 Å². The lowest BCUT2D eigenvalue weighted by molar-refractivity contribution is -0.180. The van der Waals surface area contributed by atoms with Crippen molar-refractivity contribution in [2.24, 2.45) is 52.3 Å². The molecule has 2 aliphatic carbocycles. The van der Waals surface area contributed by atoms with Crippen LogP contribution in [0, 0.1) is 52.3 Å². The third kappa shape index (κ3) is 4.91. The molecule has 5 atom stereocenters. The SMILES string of the molecule is CC(C)CCC1C(=O)C2(CCC(C)C)CC(CCC(C)C)C(C)C(C(=O)C(C)C)(C1=O)C2=O. The molecule has 33 heavy (non-hydrogen) atoms. The monoisotopic (exact) mass is 460 g/mol. The Morgan fingerprint density at radius 3 is 1.82 bits per heavy atom. The molecule has 0 saturated heterocycles. The van der Waals surface area contributed by atoms with E-state index in [0.717, 1.165) is 25.7 Å². The Kier molecular flexibility index (Phi) is 8.90. The fraction of sp³-hybridized carbons (Fsp3) is 0.862. The van der Waals surface area contributed by atoms with E-state index in [1.807, 2.05) is 6.92 Å². The molecule has 4 nitrogen and oxygen atoms in total. The molecule has 0 radical (unpaired) electrons. The summed E-state index contributed by atoms with van der Waals surface area (Å²) in [6.07, 6.45) is 4.72. The molecule has 4 heteroatoms. The fourth-order valence-corrected chi connectivity index (χ4v) is 6.38. The zero-order valence-electron chi connectivity index (χ0n) is 22.6. The Bertz CT molecular complexity index is 762. The molecule has 5 unspecified atom stereocenters. The number of Topliss-reactive ketones (excluding diaryl/α,β-unsaturated/α-hetero) is 4. The molecule has 0 aromatic rings. The number of hydrogen-bond acceptors (Lipinski definition) is 4. The van der Waals surface area contributed by atoms with Crippen LogP contribution in [0.2, 0.25) is 0 Å². The average Bonchev–Trinajstić information content (AvgIpc) is 2.71. The fourth-order valence-electron chi connectivity index (χ4n) is 6.38. The number of hydrogen-bond donors (Lipinski definition) is 0. The van der Waals surface area contributed by atoms with Crippen molar-refractivity contribution in [1.82, 2.24) is 0 Å². The number of carbonyl (C=O) groups excluding carboxylic acids is 4. The van der Waals surface area contributed by atoms with Crippen LogP contribution in [-0.4, -0.2) is 23.1 Å². The van der Waals surface area contributed by atoms with Crippen molar-refractivity contribution in [3.63, 3.8) is 0 Å². The van der Waals surface area contributed by atoms with Gasteiger partial charge in [-0.25, -0.2) is 0 Å². The number of ketones is 4. The Morgan fingerprint density at radius 1 is 0.818 bits per heavy atom. The summed E-state index contributed by atoms with van der Waals surface area (Å²) in [6.45, 7) is 18.2. The van der Waals surface area contributed by atoms with Gasteiger partial charge in [0.25, 0.3) is 0 Å². The first-order valence-electron chi connectivity index (χ1n) is 13.4. The van der Waals surface area contributed by atoms with E-state index in [-0.39, 0.29) is 35.0 Å². The van der Waals surface area contributed by atoms with E-state index in [0.29, 0.717) is 37.0 Å². The number of fused-ring (bicyclic) bond motifs is 2. The molecule has 0 N–H and O–H groups in total. The molecule has 0 aliphatic heterocycles. The Balaban J connectivity index is 2.72. The lowest BCUT2D eigenvalue weighted by Crippen LogP contribution is -2.71. The van der Waals surface area contributed by atoms with Gasteiger partial charge in [0.15, 0.2) is 28.5 Å². The Labute approximate surface area is 202 Å². The molecular formula is C29H48O4. The van der Waals surface area contributed by atoms with Gasteiger partial charge in [-0.15, -0.1) is 0 Å². The molecule has 2 saturated carbocycles. The van der Waals surface area contributed by atoms with Gasteiger partial charge >= 0.3 is 0 Å². The highest BCUT2D eigenvalue weighted by molar-refractivity contribution is 6.38. The van der Waals surface area contributed by atoms with Gasteiger partial charge in [-0.3, -0.25) is 19.2 Å². The normalized spacial score (nSPS) is 32.5. The Hall–Kier alpha value is -1.32. The summed E-state index contributed by atoms with van der Waals surface area (Å²) in [5.74, 6) is -1.55. The zero-order chi connectivity index (χ0) is 25.3. The second-order valence-corrected chi connectivity index (χ2v) is 12.6. The maximum atomic E-state index is 14.3. The quantitative estimate of drug-likeness (QED) is 0.331. The number of carbonyl (C=O) groups is 4. The van der Waals surface area contributed by atoms with E-state index in [4.69, 9.17) is 0 Å². The summed E-state index contributed by atoms with van der Waals surface area (Å²) >= 11 is 0. The van der Waals surface area contributed by atoms with Gasteiger partial charge in [0.2, 0.25) is 0 Å². The van der Waals surface area contributed by atoms with Crippen molar-refractivity contribution >= 4 is 23.1 Å². The summed E-state index contributed by atoms with van der Waals surface area (Å²) in [4.78, 5) is 56.4. The minimum Gasteiger partial charge on any atom is -0.298 e. The van der Waals surface area contributed by atoms with Crippen molar-refractivity contribution < 1.29 is 19.2 Å². The first-order chi connectivity index (χ1) is 15.2. The van der Waals surface area contributed by atoms with Crippen molar-refractivity contribution in [3.05, 3.63) is 0 Å². The predicted molar refractivity (Wildman–Crippen MR) is 133 cm³/mol. The summed E-state index contributed by atoms with van der Waals surface area (Å²) in [6, 6.07) is 0. The van der Waals surface area contributed by atoms with Crippen LogP contribution in [0.15, 0.2) is 0 Å². The maximum absolute atomic E-state index is 14.3. The standard InChI is InChI=1S/C29H48O4/c1-17(2)10-12-22-16-28(15-14-19(5)6)25(31)23(13-11-18(3)4)26(32)29(21(22)9,27(28)33)24(30)20(7)8/h17-23H,10-16H2,1-9H3. The topological polar surface area (TPSA) is 68.3 Å². The smallest absolute Gasteiger partial charge is 0.167 e. The molecule has 0 heterocycles.